The molecule has 0 heterocycles. The van der Waals surface area contributed by atoms with Gasteiger partial charge in [0.05, 0.1) is 12.2 Å². The van der Waals surface area contributed by atoms with E-state index in [0.29, 0.717) is 23.6 Å². The van der Waals surface area contributed by atoms with E-state index in [1.165, 1.54) is 13.1 Å². The zero-order valence-corrected chi connectivity index (χ0v) is 14.7. The van der Waals surface area contributed by atoms with Gasteiger partial charge in [-0.2, -0.15) is 5.10 Å². The normalized spacial score (nSPS) is 10.8. The average Bonchev–Trinajstić information content (AvgIpc) is 2.62. The zero-order valence-electron chi connectivity index (χ0n) is 14.7. The maximum Gasteiger partial charge on any atom is 0.275 e. The number of allylic oxidation sites excluding steroid dienone is 1. The molecule has 0 aliphatic heterocycles. The lowest BCUT2D eigenvalue weighted by atomic mass is 10.1. The fraction of sp³-hybridized carbons (Fsp3) is 0.150. The van der Waals surface area contributed by atoms with Crippen LogP contribution in [0.1, 0.15) is 29.8 Å². The lowest BCUT2D eigenvalue weighted by Crippen LogP contribution is -2.19. The summed E-state index contributed by atoms with van der Waals surface area (Å²) in [6.07, 6.45) is 5.11. The van der Waals surface area contributed by atoms with Crippen LogP contribution in [0.3, 0.4) is 0 Å². The lowest BCUT2D eigenvalue weighted by molar-refractivity contribution is -0.114. The van der Waals surface area contributed by atoms with Gasteiger partial charge >= 0.3 is 0 Å². The summed E-state index contributed by atoms with van der Waals surface area (Å²) < 4.78 is 5.49. The molecule has 0 unspecified atom stereocenters. The van der Waals surface area contributed by atoms with Crippen LogP contribution in [-0.4, -0.2) is 24.6 Å². The molecular weight excluding hydrogens is 330 g/mol. The fourth-order valence-corrected chi connectivity index (χ4v) is 2.18. The van der Waals surface area contributed by atoms with Crippen molar-refractivity contribution < 1.29 is 14.3 Å². The van der Waals surface area contributed by atoms with E-state index in [0.717, 1.165) is 5.56 Å². The summed E-state index contributed by atoms with van der Waals surface area (Å²) in [7, 11) is 0. The van der Waals surface area contributed by atoms with Crippen molar-refractivity contribution in [1.29, 1.82) is 0 Å². The largest absolute Gasteiger partial charge is 0.493 e. The summed E-state index contributed by atoms with van der Waals surface area (Å²) in [5.74, 6) is -0.210. The summed E-state index contributed by atoms with van der Waals surface area (Å²) in [6, 6.07) is 14.6. The highest BCUT2D eigenvalue weighted by Crippen LogP contribution is 2.23. The molecule has 0 spiro atoms. The van der Waals surface area contributed by atoms with Gasteiger partial charge in [0.25, 0.3) is 5.91 Å². The van der Waals surface area contributed by atoms with E-state index >= 15 is 0 Å². The van der Waals surface area contributed by atoms with Gasteiger partial charge in [-0.3, -0.25) is 9.59 Å². The summed E-state index contributed by atoms with van der Waals surface area (Å²) >= 11 is 0. The van der Waals surface area contributed by atoms with Crippen molar-refractivity contribution in [3.8, 4) is 5.75 Å². The summed E-state index contributed by atoms with van der Waals surface area (Å²) in [5.41, 5.74) is 4.40. The van der Waals surface area contributed by atoms with E-state index in [4.69, 9.17) is 4.74 Å². The van der Waals surface area contributed by atoms with Gasteiger partial charge in [-0.1, -0.05) is 36.4 Å². The van der Waals surface area contributed by atoms with Crippen LogP contribution in [0.5, 0.6) is 5.75 Å². The van der Waals surface area contributed by atoms with E-state index in [9.17, 15) is 9.59 Å². The molecule has 0 saturated carbocycles. The fourth-order valence-electron chi connectivity index (χ4n) is 2.18. The van der Waals surface area contributed by atoms with Crippen molar-refractivity contribution in [2.45, 2.75) is 13.8 Å². The van der Waals surface area contributed by atoms with E-state index < -0.39 is 5.91 Å². The molecule has 6 nitrogen and oxygen atoms in total. The van der Waals surface area contributed by atoms with Crippen molar-refractivity contribution in [3.05, 3.63) is 65.7 Å². The Kier molecular flexibility index (Phi) is 7.12. The molecule has 0 fully saturated rings. The highest BCUT2D eigenvalue weighted by Gasteiger charge is 2.13. The number of carbonyl (C=O) groups excluding carboxylic acids is 2. The molecule has 6 heteroatoms. The SMILES string of the molecule is CCOc1cc(NC(C)=O)ccc1C(=O)N/N=C\C=C\c1ccccc1. The molecule has 2 aromatic carbocycles. The number of nitrogens with one attached hydrogen (secondary N) is 2. The van der Waals surface area contributed by atoms with Gasteiger partial charge in [-0.25, -0.2) is 5.43 Å². The quantitative estimate of drug-likeness (QED) is 0.592. The van der Waals surface area contributed by atoms with Crippen molar-refractivity contribution in [2.24, 2.45) is 5.10 Å². The Morgan fingerprint density at radius 3 is 2.62 bits per heavy atom. The number of hydrogen-bond donors (Lipinski definition) is 2. The standard InChI is InChI=1S/C20H21N3O3/c1-3-26-19-14-17(22-15(2)24)11-12-18(19)20(25)23-21-13-7-10-16-8-5-4-6-9-16/h4-14H,3H2,1-2H3,(H,22,24)(H,23,25)/b10-7+,21-13-. The maximum atomic E-state index is 12.3. The van der Waals surface area contributed by atoms with Crippen LogP contribution < -0.4 is 15.5 Å². The van der Waals surface area contributed by atoms with Crippen molar-refractivity contribution in [1.82, 2.24) is 5.43 Å². The minimum absolute atomic E-state index is 0.195. The highest BCUT2D eigenvalue weighted by molar-refractivity contribution is 5.98. The van der Waals surface area contributed by atoms with Gasteiger partial charge < -0.3 is 10.1 Å². The smallest absolute Gasteiger partial charge is 0.275 e. The molecule has 26 heavy (non-hydrogen) atoms. The first-order valence-corrected chi connectivity index (χ1v) is 8.19. The van der Waals surface area contributed by atoms with Gasteiger partial charge in [-0.15, -0.1) is 0 Å². The molecule has 2 rings (SSSR count). The van der Waals surface area contributed by atoms with Crippen LogP contribution in [0, 0.1) is 0 Å². The Balaban J connectivity index is 2.02. The van der Waals surface area contributed by atoms with Crippen molar-refractivity contribution in [3.63, 3.8) is 0 Å². The Labute approximate surface area is 152 Å². The van der Waals surface area contributed by atoms with Crippen LogP contribution >= 0.6 is 0 Å². The predicted molar refractivity (Wildman–Crippen MR) is 103 cm³/mol. The molecule has 134 valence electrons. The number of nitrogens with zero attached hydrogens (tertiary/aromatic N) is 1. The first-order chi connectivity index (χ1) is 12.6. The number of rotatable bonds is 7. The average molecular weight is 351 g/mol. The van der Waals surface area contributed by atoms with Crippen LogP contribution in [0.25, 0.3) is 6.08 Å². The molecule has 0 aliphatic rings. The summed E-state index contributed by atoms with van der Waals surface area (Å²) in [6.45, 7) is 3.63. The summed E-state index contributed by atoms with van der Waals surface area (Å²) in [4.78, 5) is 23.4. The van der Waals surface area contributed by atoms with E-state index in [-0.39, 0.29) is 5.91 Å². The van der Waals surface area contributed by atoms with Crippen molar-refractivity contribution in [2.75, 3.05) is 11.9 Å². The monoisotopic (exact) mass is 351 g/mol. The van der Waals surface area contributed by atoms with Gasteiger partial charge in [0.2, 0.25) is 5.91 Å². The molecule has 0 aliphatic carbocycles. The first-order valence-electron chi connectivity index (χ1n) is 8.19. The van der Waals surface area contributed by atoms with Crippen LogP contribution in [-0.2, 0) is 4.79 Å². The Hall–Kier alpha value is -3.41. The Bertz CT molecular complexity index is 814. The van der Waals surface area contributed by atoms with Gasteiger partial charge in [0.15, 0.2) is 0 Å². The predicted octanol–water partition coefficient (Wildman–Crippen LogP) is 3.47. The van der Waals surface area contributed by atoms with Gasteiger partial charge in [0.1, 0.15) is 5.75 Å². The molecule has 2 N–H and O–H groups in total. The van der Waals surface area contributed by atoms with Crippen LogP contribution in [0.2, 0.25) is 0 Å². The topological polar surface area (TPSA) is 79.8 Å². The minimum atomic E-state index is -0.396. The molecule has 0 radical (unpaired) electrons. The van der Waals surface area contributed by atoms with Crippen LogP contribution in [0.15, 0.2) is 59.7 Å². The first kappa shape index (κ1) is 18.9. The molecule has 0 atom stereocenters. The third-order valence-corrected chi connectivity index (χ3v) is 3.26. The number of hydrogen-bond acceptors (Lipinski definition) is 4. The van der Waals surface area contributed by atoms with Gasteiger partial charge in [-0.05, 0) is 30.7 Å². The number of hydrazone groups is 1. The second kappa shape index (κ2) is 9.78. The third-order valence-electron chi connectivity index (χ3n) is 3.26. The number of benzene rings is 2. The molecular formula is C20H21N3O3. The molecule has 2 aromatic rings. The molecule has 2 amide bonds. The number of ether oxygens (including phenoxy) is 1. The molecule has 0 aromatic heterocycles. The van der Waals surface area contributed by atoms with E-state index in [1.54, 1.807) is 24.3 Å². The highest BCUT2D eigenvalue weighted by atomic mass is 16.5. The molecule has 0 bridgehead atoms. The maximum absolute atomic E-state index is 12.3. The summed E-state index contributed by atoms with van der Waals surface area (Å²) in [5, 5.41) is 6.55. The Morgan fingerprint density at radius 1 is 1.15 bits per heavy atom. The minimum Gasteiger partial charge on any atom is -0.493 e. The van der Waals surface area contributed by atoms with Crippen LogP contribution in [0.4, 0.5) is 5.69 Å². The van der Waals surface area contributed by atoms with Gasteiger partial charge in [0, 0.05) is 24.9 Å². The lowest BCUT2D eigenvalue weighted by Gasteiger charge is -2.11. The number of anilines is 1. The second-order valence-corrected chi connectivity index (χ2v) is 5.31. The third kappa shape index (κ3) is 5.90. The van der Waals surface area contributed by atoms with Crippen molar-refractivity contribution >= 4 is 29.8 Å². The zero-order chi connectivity index (χ0) is 18.8. The second-order valence-electron chi connectivity index (χ2n) is 5.31. The van der Waals surface area contributed by atoms with E-state index in [2.05, 4.69) is 15.8 Å². The van der Waals surface area contributed by atoms with E-state index in [1.807, 2.05) is 43.3 Å². The Morgan fingerprint density at radius 2 is 1.92 bits per heavy atom. The number of amides is 2. The number of carbonyl (C=O) groups is 2. The molecule has 0 saturated heterocycles.